The maximum absolute atomic E-state index is 12.1. The highest BCUT2D eigenvalue weighted by Crippen LogP contribution is 2.41. The lowest BCUT2D eigenvalue weighted by molar-refractivity contribution is -0.157. The van der Waals surface area contributed by atoms with E-state index in [0.717, 1.165) is 153 Å². The van der Waals surface area contributed by atoms with Crippen molar-refractivity contribution in [2.24, 2.45) is 0 Å². The zero-order valence-corrected chi connectivity index (χ0v) is 60.5. The fourth-order valence-electron chi connectivity index (χ4n) is 14.5. The lowest BCUT2D eigenvalue weighted by Crippen LogP contribution is -2.54. The molecule has 6 aliphatic rings. The third-order valence-corrected chi connectivity index (χ3v) is 19.3. The highest BCUT2D eigenvalue weighted by molar-refractivity contribution is 5.77. The number of carbonyl (C=O) groups excluding carboxylic acids is 2. The Balaban J connectivity index is 0.000000219. The summed E-state index contributed by atoms with van der Waals surface area (Å²) in [5.74, 6) is 0.832. The molecule has 6 fully saturated rings. The van der Waals surface area contributed by atoms with Crippen molar-refractivity contribution in [2.45, 2.75) is 115 Å². The molecule has 102 heavy (non-hydrogen) atoms. The predicted octanol–water partition coefficient (Wildman–Crippen LogP) is 7.54. The van der Waals surface area contributed by atoms with E-state index in [9.17, 15) is 19.8 Å². The van der Waals surface area contributed by atoms with Gasteiger partial charge >= 0.3 is 11.9 Å². The molecule has 552 valence electrons. The van der Waals surface area contributed by atoms with Crippen LogP contribution in [0.15, 0.2) is 103 Å². The molecule has 12 rings (SSSR count). The zero-order chi connectivity index (χ0) is 71.6. The molecule has 0 amide bonds. The molecule has 6 aromatic rings. The molecule has 0 saturated carbocycles. The third kappa shape index (κ3) is 21.4. The molecule has 6 N–H and O–H groups in total. The normalized spacial score (nSPS) is 19.9. The maximum atomic E-state index is 12.1. The number of pyridine rings is 2. The van der Waals surface area contributed by atoms with Crippen molar-refractivity contribution < 1.29 is 49.6 Å². The number of aromatic hydroxyl groups is 2. The molecule has 26 nitrogen and oxygen atoms in total. The summed E-state index contributed by atoms with van der Waals surface area (Å²) >= 11 is 0. The van der Waals surface area contributed by atoms with E-state index in [4.69, 9.17) is 39.9 Å². The Morgan fingerprint density at radius 3 is 1.40 bits per heavy atom. The number of nitrogens with zero attached hydrogens (tertiary/aromatic N) is 14. The Bertz CT molecular complexity index is 3690. The van der Waals surface area contributed by atoms with Crippen LogP contribution in [0.25, 0.3) is 28.6 Å². The van der Waals surface area contributed by atoms with Gasteiger partial charge in [0.2, 0.25) is 0 Å². The van der Waals surface area contributed by atoms with Gasteiger partial charge in [0, 0.05) is 164 Å². The van der Waals surface area contributed by atoms with Gasteiger partial charge in [-0.25, -0.2) is 0 Å². The van der Waals surface area contributed by atoms with Crippen LogP contribution >= 0.6 is 0 Å². The van der Waals surface area contributed by atoms with Gasteiger partial charge in [0.1, 0.15) is 22.7 Å². The highest BCUT2D eigenvalue weighted by Gasteiger charge is 2.43. The number of nitrogens with two attached hydrogens (primary N) is 2. The molecule has 26 heteroatoms. The van der Waals surface area contributed by atoms with Gasteiger partial charge in [0.15, 0.2) is 11.6 Å². The van der Waals surface area contributed by atoms with Crippen molar-refractivity contribution in [1.82, 2.24) is 50.0 Å². The number of hydrogen-bond acceptors (Lipinski definition) is 26. The molecule has 4 atom stereocenters. The van der Waals surface area contributed by atoms with Gasteiger partial charge < -0.3 is 69.7 Å². The van der Waals surface area contributed by atoms with Gasteiger partial charge in [-0.1, -0.05) is 30.3 Å². The number of rotatable bonds is 29. The van der Waals surface area contributed by atoms with Crippen molar-refractivity contribution in [2.75, 3.05) is 189 Å². The van der Waals surface area contributed by atoms with Crippen LogP contribution in [0.4, 0.5) is 34.4 Å². The number of aryl methyl sites for hydroxylation is 1. The second-order valence-electron chi connectivity index (χ2n) is 29.2. The number of phenols is 2. The number of fused-ring (bicyclic) bond motifs is 4. The van der Waals surface area contributed by atoms with Crippen molar-refractivity contribution in [3.05, 3.63) is 115 Å². The minimum atomic E-state index is -0.447. The first-order valence-electron chi connectivity index (χ1n) is 36.4. The molecule has 4 aromatic heterocycles. The number of nitrogen functional groups attached to an aromatic ring is 2. The van der Waals surface area contributed by atoms with Crippen LogP contribution in [-0.2, 0) is 44.4 Å². The zero-order valence-electron chi connectivity index (χ0n) is 60.5. The summed E-state index contributed by atoms with van der Waals surface area (Å²) in [6.07, 6.45) is 14.0. The van der Waals surface area contributed by atoms with Gasteiger partial charge in [0.25, 0.3) is 0 Å². The smallest absolute Gasteiger partial charge is 0.320 e. The summed E-state index contributed by atoms with van der Waals surface area (Å²) in [6.45, 7) is 29.0. The SMILES string of the molecule is CC(C)(C)OC(=O)CN1CCN(CCOCCOC/C=C/c2cc(N3C4CCC3CN(c3cc(-c5ccccc5O)nnc3N)C4)ccn2)CC1.CC(C)(C)OC(=O)CN1CCN(CCOCCOCCCc2cc(N3C4CCC3CN(c3cc(-c5ccccc5O)nnc3N)C4)ccn2)CC1.[HH]. The second-order valence-corrected chi connectivity index (χ2v) is 29.2. The first kappa shape index (κ1) is 74.8. The van der Waals surface area contributed by atoms with E-state index < -0.39 is 11.2 Å². The number of carbonyl (C=O) groups is 2. The van der Waals surface area contributed by atoms with Crippen molar-refractivity contribution in [3.8, 4) is 34.0 Å². The van der Waals surface area contributed by atoms with Crippen LogP contribution in [0, 0.1) is 0 Å². The Hall–Kier alpha value is -8.34. The third-order valence-electron chi connectivity index (χ3n) is 19.3. The number of anilines is 6. The van der Waals surface area contributed by atoms with Crippen LogP contribution in [0.1, 0.15) is 86.5 Å². The fraction of sp³-hybridized carbons (Fsp3) is 0.553. The average molecular weight is 1410 g/mol. The Labute approximate surface area is 602 Å². The molecular formula is C76H108N16O10. The largest absolute Gasteiger partial charge is 0.507 e. The molecule has 0 radical (unpaired) electrons. The summed E-state index contributed by atoms with van der Waals surface area (Å²) in [7, 11) is 0. The molecule has 2 aromatic carbocycles. The minimum absolute atomic E-state index is 0. The van der Waals surface area contributed by atoms with Gasteiger partial charge in [-0.2, -0.15) is 0 Å². The van der Waals surface area contributed by atoms with Gasteiger partial charge in [-0.05, 0) is 147 Å². The van der Waals surface area contributed by atoms with E-state index in [1.54, 1.807) is 24.3 Å². The molecule has 0 aliphatic carbocycles. The Morgan fingerprint density at radius 1 is 0.520 bits per heavy atom. The minimum Gasteiger partial charge on any atom is -0.507 e. The van der Waals surface area contributed by atoms with Crippen molar-refractivity contribution >= 4 is 52.4 Å². The van der Waals surface area contributed by atoms with Crippen molar-refractivity contribution in [1.29, 1.82) is 0 Å². The molecule has 6 aliphatic heterocycles. The second kappa shape index (κ2) is 35.7. The molecule has 0 spiro atoms. The summed E-state index contributed by atoms with van der Waals surface area (Å²) < 4.78 is 34.2. The van der Waals surface area contributed by atoms with E-state index in [2.05, 4.69) is 93.8 Å². The van der Waals surface area contributed by atoms with E-state index in [0.29, 0.717) is 124 Å². The number of hydrogen-bond donors (Lipinski definition) is 4. The van der Waals surface area contributed by atoms with Crippen LogP contribution in [0.3, 0.4) is 0 Å². The van der Waals surface area contributed by atoms with E-state index in [1.165, 1.54) is 11.4 Å². The van der Waals surface area contributed by atoms with Crippen LogP contribution in [0.2, 0.25) is 0 Å². The highest BCUT2D eigenvalue weighted by atomic mass is 16.6. The average Bonchev–Trinajstić information content (AvgIpc) is 1.71. The molecular weight excluding hydrogens is 1300 g/mol. The van der Waals surface area contributed by atoms with Crippen LogP contribution in [0.5, 0.6) is 11.5 Å². The topological polar surface area (TPSA) is 285 Å². The van der Waals surface area contributed by atoms with Crippen molar-refractivity contribution in [3.63, 3.8) is 0 Å². The van der Waals surface area contributed by atoms with E-state index in [1.807, 2.05) is 102 Å². The van der Waals surface area contributed by atoms with Gasteiger partial charge in [-0.15, -0.1) is 20.4 Å². The lowest BCUT2D eigenvalue weighted by Gasteiger charge is -2.43. The van der Waals surface area contributed by atoms with Crippen LogP contribution in [-0.4, -0.2) is 265 Å². The summed E-state index contributed by atoms with van der Waals surface area (Å²) in [5.41, 5.74) is 20.4. The quantitative estimate of drug-likeness (QED) is 0.0260. The van der Waals surface area contributed by atoms with E-state index in [-0.39, 0.29) is 24.9 Å². The summed E-state index contributed by atoms with van der Waals surface area (Å²) in [5, 5.41) is 37.7. The predicted molar refractivity (Wildman–Crippen MR) is 399 cm³/mol. The summed E-state index contributed by atoms with van der Waals surface area (Å²) in [6, 6.07) is 28.2. The molecule has 10 heterocycles. The molecule has 6 saturated heterocycles. The molecule has 4 unspecified atom stereocenters. The fourth-order valence-corrected chi connectivity index (χ4v) is 14.5. The summed E-state index contributed by atoms with van der Waals surface area (Å²) in [4.78, 5) is 52.2. The number of para-hydroxylation sites is 2. The maximum Gasteiger partial charge on any atom is 0.320 e. The number of phenolic OH excluding ortho intramolecular Hbond substituents is 2. The number of piperazine rings is 4. The van der Waals surface area contributed by atoms with Gasteiger partial charge in [0.05, 0.1) is 87.8 Å². The first-order valence-corrected chi connectivity index (χ1v) is 36.4. The number of ether oxygens (including phenoxy) is 6. The molecule has 4 bridgehead atoms. The van der Waals surface area contributed by atoms with Gasteiger partial charge in [-0.3, -0.25) is 39.2 Å². The number of benzene rings is 2. The van der Waals surface area contributed by atoms with Crippen LogP contribution < -0.4 is 31.1 Å². The Morgan fingerprint density at radius 2 is 0.941 bits per heavy atom. The lowest BCUT2D eigenvalue weighted by atomic mass is 10.1. The number of aromatic nitrogens is 6. The van der Waals surface area contributed by atoms with E-state index >= 15 is 0 Å². The monoisotopic (exact) mass is 1400 g/mol. The number of esters is 2. The standard InChI is InChI=1S/C38H54N8O5.C38H52N8O5.H2/c2*1-38(2,3)51-36(48)27-44-16-14-43(15-17-44)18-20-50-22-21-49-19-6-7-28-23-29(12-13-40-28)46-30-10-11-31(46)26-45(25-30)34-24-33(41-42-37(34)39)32-8-4-5-9-35(32)47;/h4-5,8-9,12-13,23-24,30-31,47H,6-7,10-11,14-22,25-27H2,1-3H3,(H2,39,42);4-9,12-13,23-24,30-31,47H,10-11,14-22,25-27H2,1-3H3,(H2,39,42);1H/b;7-6+;. The Kier molecular flexibility index (Phi) is 26.2. The first-order chi connectivity index (χ1) is 49.3.